The molecule has 0 saturated carbocycles. The maximum atomic E-state index is 4.01. The van der Waals surface area contributed by atoms with E-state index in [9.17, 15) is 0 Å². The topological polar surface area (TPSA) is 25.8 Å². The van der Waals surface area contributed by atoms with Crippen LogP contribution in [0.2, 0.25) is 0 Å². The van der Waals surface area contributed by atoms with Gasteiger partial charge in [-0.25, -0.2) is 9.97 Å². The maximum Gasteiger partial charge on any atom is 0.192 e. The van der Waals surface area contributed by atoms with E-state index in [2.05, 4.69) is 16.6 Å². The fraction of sp³-hybridized carbons (Fsp3) is 0.200. The quantitative estimate of drug-likeness (QED) is 0.485. The second kappa shape index (κ2) is 3.80. The van der Waals surface area contributed by atoms with Gasteiger partial charge < -0.3 is 0 Å². The lowest BCUT2D eigenvalue weighted by Gasteiger charge is -1.90. The van der Waals surface area contributed by atoms with E-state index in [1.807, 2.05) is 6.07 Å². The Bertz CT molecular complexity index is 168. The van der Waals surface area contributed by atoms with Crippen molar-refractivity contribution in [3.05, 3.63) is 18.5 Å². The number of hydrogen-bond acceptors (Lipinski definition) is 3. The molecule has 0 aliphatic heterocycles. The molecule has 0 atom stereocenters. The van der Waals surface area contributed by atoms with Gasteiger partial charge in [0.1, 0.15) is 0 Å². The zero-order valence-electron chi connectivity index (χ0n) is 4.98. The van der Waals surface area contributed by atoms with Crippen molar-refractivity contribution in [2.24, 2.45) is 0 Å². The standard InChI is InChI=1S/C5H6N2PS/c1-8-9-5-6-3-2-4-7-5/h2-4H,1H3. The van der Waals surface area contributed by atoms with Crippen molar-refractivity contribution in [1.29, 1.82) is 0 Å². The first-order valence-corrected chi connectivity index (χ1v) is 5.23. The third-order valence-corrected chi connectivity index (χ3v) is 2.31. The van der Waals surface area contributed by atoms with Crippen LogP contribution in [0.15, 0.2) is 23.6 Å². The molecule has 0 aliphatic rings. The molecule has 0 amide bonds. The Morgan fingerprint density at radius 2 is 2.11 bits per heavy atom. The van der Waals surface area contributed by atoms with Crippen LogP contribution in [0.25, 0.3) is 0 Å². The van der Waals surface area contributed by atoms with Crippen LogP contribution in [0.3, 0.4) is 0 Å². The molecule has 2 nitrogen and oxygen atoms in total. The van der Waals surface area contributed by atoms with Gasteiger partial charge in [-0.2, -0.15) is 0 Å². The van der Waals surface area contributed by atoms with Gasteiger partial charge in [0.25, 0.3) is 0 Å². The van der Waals surface area contributed by atoms with Crippen LogP contribution in [-0.4, -0.2) is 16.6 Å². The largest absolute Gasteiger partial charge is 0.231 e. The van der Waals surface area contributed by atoms with Gasteiger partial charge in [0.2, 0.25) is 0 Å². The SMILES string of the molecule is C[P]Sc1ncccn1. The summed E-state index contributed by atoms with van der Waals surface area (Å²) in [6, 6.07) is 1.82. The van der Waals surface area contributed by atoms with Crippen LogP contribution in [0, 0.1) is 0 Å². The molecule has 0 bridgehead atoms. The number of nitrogens with zero attached hydrogens (tertiary/aromatic N) is 2. The summed E-state index contributed by atoms with van der Waals surface area (Å²) in [6.07, 6.45) is 3.50. The normalized spacial score (nSPS) is 10.8. The van der Waals surface area contributed by atoms with Crippen molar-refractivity contribution < 1.29 is 0 Å². The lowest BCUT2D eigenvalue weighted by atomic mass is 10.7. The molecular weight excluding hydrogens is 151 g/mol. The van der Waals surface area contributed by atoms with Gasteiger partial charge in [-0.05, 0) is 20.5 Å². The average Bonchev–Trinajstić information content (AvgIpc) is 1.91. The van der Waals surface area contributed by atoms with Crippen molar-refractivity contribution in [3.8, 4) is 0 Å². The molecule has 1 heterocycles. The van der Waals surface area contributed by atoms with E-state index in [0.717, 1.165) is 5.16 Å². The van der Waals surface area contributed by atoms with Gasteiger partial charge in [0.05, 0.1) is 0 Å². The number of hydrogen-bond donors (Lipinski definition) is 0. The molecule has 4 heteroatoms. The molecule has 1 rings (SSSR count). The Balaban J connectivity index is 2.61. The predicted molar refractivity (Wildman–Crippen MR) is 40.7 cm³/mol. The Labute approximate surface area is 60.0 Å². The second-order valence-corrected chi connectivity index (χ2v) is 3.86. The van der Waals surface area contributed by atoms with Gasteiger partial charge in [-0.3, -0.25) is 0 Å². The number of rotatable bonds is 2. The molecule has 0 unspecified atom stereocenters. The van der Waals surface area contributed by atoms with Crippen LogP contribution < -0.4 is 0 Å². The first-order chi connectivity index (χ1) is 4.43. The number of aromatic nitrogens is 2. The minimum absolute atomic E-state index is 0.849. The zero-order chi connectivity index (χ0) is 6.53. The zero-order valence-corrected chi connectivity index (χ0v) is 6.69. The Hall–Kier alpha value is -0.140. The summed E-state index contributed by atoms with van der Waals surface area (Å²) < 4.78 is 0. The molecule has 0 aliphatic carbocycles. The highest BCUT2D eigenvalue weighted by Gasteiger charge is 1.89. The Morgan fingerprint density at radius 3 is 2.67 bits per heavy atom. The molecule has 1 aromatic heterocycles. The molecule has 1 radical (unpaired) electrons. The molecule has 0 spiro atoms. The van der Waals surface area contributed by atoms with E-state index in [-0.39, 0.29) is 0 Å². The summed E-state index contributed by atoms with van der Waals surface area (Å²) in [4.78, 5) is 8.03. The molecule has 0 N–H and O–H groups in total. The maximum absolute atomic E-state index is 4.01. The Kier molecular flexibility index (Phi) is 2.95. The molecule has 0 saturated heterocycles. The average molecular weight is 157 g/mol. The van der Waals surface area contributed by atoms with E-state index in [0.29, 0.717) is 0 Å². The summed E-state index contributed by atoms with van der Waals surface area (Å²) in [5.41, 5.74) is 0. The van der Waals surface area contributed by atoms with E-state index in [4.69, 9.17) is 0 Å². The highest BCUT2D eigenvalue weighted by Crippen LogP contribution is 2.29. The van der Waals surface area contributed by atoms with Crippen molar-refractivity contribution in [1.82, 2.24) is 9.97 Å². The summed E-state index contributed by atoms with van der Waals surface area (Å²) in [7, 11) is 1.24. The summed E-state index contributed by atoms with van der Waals surface area (Å²) in [6.45, 7) is 2.06. The summed E-state index contributed by atoms with van der Waals surface area (Å²) in [5.74, 6) is 0. The van der Waals surface area contributed by atoms with Crippen LogP contribution in [0.5, 0.6) is 0 Å². The molecular formula is C5H6N2PS. The van der Waals surface area contributed by atoms with Gasteiger partial charge in [-0.15, -0.1) is 0 Å². The monoisotopic (exact) mass is 157 g/mol. The van der Waals surface area contributed by atoms with Crippen LogP contribution in [0.4, 0.5) is 0 Å². The van der Waals surface area contributed by atoms with Gasteiger partial charge in [0, 0.05) is 12.4 Å². The van der Waals surface area contributed by atoms with E-state index in [1.165, 1.54) is 7.78 Å². The summed E-state index contributed by atoms with van der Waals surface area (Å²) >= 11 is 1.63. The molecule has 47 valence electrons. The lowest BCUT2D eigenvalue weighted by Crippen LogP contribution is -1.78. The first kappa shape index (κ1) is 6.97. The van der Waals surface area contributed by atoms with Crippen LogP contribution in [0.1, 0.15) is 0 Å². The molecule has 0 fully saturated rings. The lowest BCUT2D eigenvalue weighted by molar-refractivity contribution is 0.973. The van der Waals surface area contributed by atoms with Crippen molar-refractivity contribution in [2.45, 2.75) is 5.16 Å². The molecule has 0 aromatic carbocycles. The van der Waals surface area contributed by atoms with E-state index in [1.54, 1.807) is 23.8 Å². The third-order valence-electron chi connectivity index (χ3n) is 0.715. The summed E-state index contributed by atoms with van der Waals surface area (Å²) in [5, 5.41) is 0.849. The smallest absolute Gasteiger partial charge is 0.192 e. The minimum atomic E-state index is 0.849. The van der Waals surface area contributed by atoms with Crippen molar-refractivity contribution >= 4 is 19.2 Å². The first-order valence-electron chi connectivity index (χ1n) is 2.46. The molecule has 1 aromatic rings. The minimum Gasteiger partial charge on any atom is -0.231 e. The molecule has 9 heavy (non-hydrogen) atoms. The van der Waals surface area contributed by atoms with Gasteiger partial charge >= 0.3 is 0 Å². The second-order valence-electron chi connectivity index (χ2n) is 1.31. The third kappa shape index (κ3) is 2.29. The van der Waals surface area contributed by atoms with Gasteiger partial charge in [0.15, 0.2) is 5.16 Å². The van der Waals surface area contributed by atoms with Crippen molar-refractivity contribution in [3.63, 3.8) is 0 Å². The highest BCUT2D eigenvalue weighted by molar-refractivity contribution is 8.49. The fourth-order valence-electron chi connectivity index (χ4n) is 0.414. The van der Waals surface area contributed by atoms with E-state index >= 15 is 0 Å². The Morgan fingerprint density at radius 1 is 1.44 bits per heavy atom. The highest BCUT2D eigenvalue weighted by atomic mass is 32.7. The van der Waals surface area contributed by atoms with Crippen LogP contribution in [-0.2, 0) is 0 Å². The van der Waals surface area contributed by atoms with Gasteiger partial charge in [-0.1, -0.05) is 11.4 Å². The fourth-order valence-corrected chi connectivity index (χ4v) is 1.57. The van der Waals surface area contributed by atoms with Crippen molar-refractivity contribution in [2.75, 3.05) is 6.66 Å². The predicted octanol–water partition coefficient (Wildman–Crippen LogP) is 2.06. The van der Waals surface area contributed by atoms with Crippen LogP contribution >= 0.6 is 19.2 Å². The van der Waals surface area contributed by atoms with E-state index < -0.39 is 0 Å².